The van der Waals surface area contributed by atoms with Gasteiger partial charge in [0.05, 0.1) is 6.42 Å². The number of hydrogen-bond acceptors (Lipinski definition) is 4. The molecule has 1 unspecified atom stereocenters. The molecule has 0 aliphatic carbocycles. The maximum atomic E-state index is 11.6. The minimum Gasteiger partial charge on any atom is -0.481 e. The number of benzene rings is 1. The van der Waals surface area contributed by atoms with Crippen LogP contribution in [0.3, 0.4) is 0 Å². The van der Waals surface area contributed by atoms with Crippen LogP contribution >= 0.6 is 0 Å². The summed E-state index contributed by atoms with van der Waals surface area (Å²) >= 11 is 0. The third-order valence-corrected chi connectivity index (χ3v) is 2.62. The van der Waals surface area contributed by atoms with Crippen molar-refractivity contribution in [3.05, 3.63) is 24.3 Å². The fourth-order valence-electron chi connectivity index (χ4n) is 1.54. The molecule has 0 saturated carbocycles. The van der Waals surface area contributed by atoms with Gasteiger partial charge in [0.25, 0.3) is 0 Å². The molecular weight excluding hydrogens is 278 g/mol. The summed E-state index contributed by atoms with van der Waals surface area (Å²) in [7, 11) is 3.75. The molecule has 0 aliphatic heterocycles. The molecule has 1 aromatic rings. The molecule has 0 spiro atoms. The number of hydrogen-bond donors (Lipinski definition) is 4. The number of nitrogens with zero attached hydrogens (tertiary/aromatic N) is 1. The molecule has 1 rings (SSSR count). The van der Waals surface area contributed by atoms with E-state index >= 15 is 0 Å². The Morgan fingerprint density at radius 1 is 1.14 bits per heavy atom. The predicted octanol–water partition coefficient (Wildman–Crippen LogP) is 0.802. The first-order valence-electron chi connectivity index (χ1n) is 6.09. The zero-order valence-corrected chi connectivity index (χ0v) is 11.7. The lowest BCUT2D eigenvalue weighted by atomic mass is 10.2. The summed E-state index contributed by atoms with van der Waals surface area (Å²) in [6, 6.07) is 4.61. The summed E-state index contributed by atoms with van der Waals surface area (Å²) in [5, 5.41) is 21.9. The average molecular weight is 295 g/mol. The van der Waals surface area contributed by atoms with Gasteiger partial charge in [-0.15, -0.1) is 0 Å². The predicted molar refractivity (Wildman–Crippen MR) is 76.6 cm³/mol. The number of carbonyl (C=O) groups is 3. The van der Waals surface area contributed by atoms with Crippen molar-refractivity contribution in [3.8, 4) is 0 Å². The smallest absolute Gasteiger partial charge is 0.326 e. The Morgan fingerprint density at radius 3 is 2.14 bits per heavy atom. The SMILES string of the molecule is CN(C)c1ccc(NC(=O)NC(CC(=O)O)C(=O)O)cc1. The van der Waals surface area contributed by atoms with E-state index in [1.54, 1.807) is 24.3 Å². The molecule has 0 aliphatic rings. The van der Waals surface area contributed by atoms with Crippen LogP contribution in [0.2, 0.25) is 0 Å². The molecule has 0 heterocycles. The first-order valence-corrected chi connectivity index (χ1v) is 6.09. The van der Waals surface area contributed by atoms with Gasteiger partial charge in [-0.1, -0.05) is 0 Å². The second-order valence-electron chi connectivity index (χ2n) is 4.53. The second-order valence-corrected chi connectivity index (χ2v) is 4.53. The summed E-state index contributed by atoms with van der Waals surface area (Å²) in [4.78, 5) is 34.9. The van der Waals surface area contributed by atoms with Gasteiger partial charge in [-0.3, -0.25) is 4.79 Å². The van der Waals surface area contributed by atoms with E-state index in [0.29, 0.717) is 5.69 Å². The van der Waals surface area contributed by atoms with Gasteiger partial charge < -0.3 is 25.7 Å². The van der Waals surface area contributed by atoms with Gasteiger partial charge in [0, 0.05) is 25.5 Å². The zero-order valence-electron chi connectivity index (χ0n) is 11.7. The van der Waals surface area contributed by atoms with Crippen LogP contribution in [-0.2, 0) is 9.59 Å². The van der Waals surface area contributed by atoms with Crippen LogP contribution in [0.15, 0.2) is 24.3 Å². The molecule has 114 valence electrons. The van der Waals surface area contributed by atoms with E-state index in [1.165, 1.54) is 0 Å². The Bertz CT molecular complexity index is 527. The summed E-state index contributed by atoms with van der Waals surface area (Å²) in [6.45, 7) is 0. The molecule has 8 nitrogen and oxygen atoms in total. The number of carboxylic acids is 2. The molecule has 0 aromatic heterocycles. The van der Waals surface area contributed by atoms with Crippen LogP contribution in [-0.4, -0.2) is 48.3 Å². The molecule has 4 N–H and O–H groups in total. The number of anilines is 2. The summed E-state index contributed by atoms with van der Waals surface area (Å²) in [5.41, 5.74) is 1.41. The lowest BCUT2D eigenvalue weighted by Gasteiger charge is -2.15. The Kier molecular flexibility index (Phi) is 5.53. The fraction of sp³-hybridized carbons (Fsp3) is 0.308. The highest BCUT2D eigenvalue weighted by Crippen LogP contribution is 2.15. The van der Waals surface area contributed by atoms with Crippen molar-refractivity contribution in [3.63, 3.8) is 0 Å². The van der Waals surface area contributed by atoms with E-state index in [0.717, 1.165) is 5.69 Å². The molecule has 0 saturated heterocycles. The Hall–Kier alpha value is -2.77. The molecule has 0 radical (unpaired) electrons. The van der Waals surface area contributed by atoms with E-state index in [4.69, 9.17) is 10.2 Å². The maximum Gasteiger partial charge on any atom is 0.326 e. The van der Waals surface area contributed by atoms with Gasteiger partial charge >= 0.3 is 18.0 Å². The zero-order chi connectivity index (χ0) is 16.0. The van der Waals surface area contributed by atoms with Crippen LogP contribution < -0.4 is 15.5 Å². The highest BCUT2D eigenvalue weighted by molar-refractivity contribution is 5.93. The van der Waals surface area contributed by atoms with E-state index in [-0.39, 0.29) is 0 Å². The Balaban J connectivity index is 2.63. The van der Waals surface area contributed by atoms with Crippen LogP contribution in [0.5, 0.6) is 0 Å². The molecule has 8 heteroatoms. The molecule has 2 amide bonds. The number of amides is 2. The molecule has 1 atom stereocenters. The highest BCUT2D eigenvalue weighted by atomic mass is 16.4. The van der Waals surface area contributed by atoms with Gasteiger partial charge in [0.1, 0.15) is 6.04 Å². The molecular formula is C13H17N3O5. The van der Waals surface area contributed by atoms with Crippen molar-refractivity contribution in [2.75, 3.05) is 24.3 Å². The largest absolute Gasteiger partial charge is 0.481 e. The van der Waals surface area contributed by atoms with Gasteiger partial charge in [-0.05, 0) is 24.3 Å². The van der Waals surface area contributed by atoms with Crippen molar-refractivity contribution in [1.82, 2.24) is 5.32 Å². The molecule has 0 bridgehead atoms. The van der Waals surface area contributed by atoms with E-state index < -0.39 is 30.4 Å². The van der Waals surface area contributed by atoms with Crippen molar-refractivity contribution in [2.24, 2.45) is 0 Å². The second kappa shape index (κ2) is 7.13. The van der Waals surface area contributed by atoms with Crippen molar-refractivity contribution in [1.29, 1.82) is 0 Å². The van der Waals surface area contributed by atoms with Crippen molar-refractivity contribution >= 4 is 29.3 Å². The van der Waals surface area contributed by atoms with E-state index in [9.17, 15) is 14.4 Å². The maximum absolute atomic E-state index is 11.6. The van der Waals surface area contributed by atoms with Crippen LogP contribution in [0.1, 0.15) is 6.42 Å². The minimum absolute atomic E-state index is 0.470. The molecule has 21 heavy (non-hydrogen) atoms. The number of carbonyl (C=O) groups excluding carboxylic acids is 1. The van der Waals surface area contributed by atoms with Crippen molar-refractivity contribution in [2.45, 2.75) is 12.5 Å². The van der Waals surface area contributed by atoms with Crippen molar-refractivity contribution < 1.29 is 24.6 Å². The summed E-state index contributed by atoms with van der Waals surface area (Å²) in [5.74, 6) is -2.71. The third-order valence-electron chi connectivity index (χ3n) is 2.62. The quantitative estimate of drug-likeness (QED) is 0.616. The van der Waals surface area contributed by atoms with Gasteiger partial charge in [0.2, 0.25) is 0 Å². The summed E-state index contributed by atoms with van der Waals surface area (Å²) in [6.07, 6.45) is -0.692. The van der Waals surface area contributed by atoms with Gasteiger partial charge in [-0.2, -0.15) is 0 Å². The third kappa shape index (κ3) is 5.39. The minimum atomic E-state index is -1.48. The first kappa shape index (κ1) is 16.3. The number of nitrogens with one attached hydrogen (secondary N) is 2. The number of aliphatic carboxylic acids is 2. The number of carboxylic acid groups (broad SMARTS) is 2. The summed E-state index contributed by atoms with van der Waals surface area (Å²) < 4.78 is 0. The van der Waals surface area contributed by atoms with E-state index in [1.807, 2.05) is 19.0 Å². The van der Waals surface area contributed by atoms with Crippen LogP contribution in [0.4, 0.5) is 16.2 Å². The average Bonchev–Trinajstić information content (AvgIpc) is 2.37. The van der Waals surface area contributed by atoms with Crippen LogP contribution in [0, 0.1) is 0 Å². The lowest BCUT2D eigenvalue weighted by molar-refractivity contribution is -0.145. The standard InChI is InChI=1S/C13H17N3O5/c1-16(2)9-5-3-8(4-6-9)14-13(21)15-10(12(19)20)7-11(17)18/h3-6,10H,7H2,1-2H3,(H,17,18)(H,19,20)(H2,14,15,21). The molecule has 1 aromatic carbocycles. The topological polar surface area (TPSA) is 119 Å². The fourth-order valence-corrected chi connectivity index (χ4v) is 1.54. The normalized spacial score (nSPS) is 11.3. The Morgan fingerprint density at radius 2 is 1.71 bits per heavy atom. The monoisotopic (exact) mass is 295 g/mol. The lowest BCUT2D eigenvalue weighted by Crippen LogP contribution is -2.44. The van der Waals surface area contributed by atoms with Gasteiger partial charge in [-0.25, -0.2) is 9.59 Å². The number of urea groups is 1. The van der Waals surface area contributed by atoms with Crippen LogP contribution in [0.25, 0.3) is 0 Å². The first-order chi connectivity index (χ1) is 9.79. The van der Waals surface area contributed by atoms with Gasteiger partial charge in [0.15, 0.2) is 0 Å². The number of rotatable bonds is 6. The molecule has 0 fully saturated rings. The Labute approximate surface area is 121 Å². The highest BCUT2D eigenvalue weighted by Gasteiger charge is 2.22. The van der Waals surface area contributed by atoms with E-state index in [2.05, 4.69) is 10.6 Å².